The lowest BCUT2D eigenvalue weighted by molar-refractivity contribution is -0.125. The minimum atomic E-state index is -0.306. The van der Waals surface area contributed by atoms with Crippen molar-refractivity contribution in [3.05, 3.63) is 35.4 Å². The minimum absolute atomic E-state index is 0.110. The SMILES string of the molecule is CC(C)(C)c1ccc(CN2C(=O)CNC2=O)cc1. The smallest absolute Gasteiger partial charge is 0.324 e. The van der Waals surface area contributed by atoms with E-state index in [0.29, 0.717) is 6.54 Å². The van der Waals surface area contributed by atoms with Crippen LogP contribution in [0.15, 0.2) is 24.3 Å². The lowest BCUT2D eigenvalue weighted by Gasteiger charge is -2.19. The van der Waals surface area contributed by atoms with Gasteiger partial charge in [-0.15, -0.1) is 0 Å². The largest absolute Gasteiger partial charge is 0.329 e. The molecule has 1 aromatic rings. The van der Waals surface area contributed by atoms with E-state index in [9.17, 15) is 9.59 Å². The van der Waals surface area contributed by atoms with Crippen molar-refractivity contribution < 1.29 is 9.59 Å². The Balaban J connectivity index is 2.11. The number of urea groups is 1. The zero-order chi connectivity index (χ0) is 13.3. The van der Waals surface area contributed by atoms with E-state index in [1.165, 1.54) is 10.5 Å². The van der Waals surface area contributed by atoms with Crippen LogP contribution in [0.3, 0.4) is 0 Å². The first-order valence-corrected chi connectivity index (χ1v) is 6.05. The first-order chi connectivity index (χ1) is 8.38. The van der Waals surface area contributed by atoms with Gasteiger partial charge in [-0.05, 0) is 16.5 Å². The summed E-state index contributed by atoms with van der Waals surface area (Å²) in [4.78, 5) is 24.1. The molecule has 0 spiro atoms. The molecule has 1 saturated heterocycles. The van der Waals surface area contributed by atoms with Crippen LogP contribution in [0.1, 0.15) is 31.9 Å². The van der Waals surface area contributed by atoms with Crippen LogP contribution >= 0.6 is 0 Å². The number of imide groups is 1. The van der Waals surface area contributed by atoms with Crippen LogP contribution in [-0.2, 0) is 16.8 Å². The average molecular weight is 246 g/mol. The lowest BCUT2D eigenvalue weighted by atomic mass is 9.87. The van der Waals surface area contributed by atoms with E-state index >= 15 is 0 Å². The third-order valence-electron chi connectivity index (χ3n) is 3.10. The molecule has 1 aliphatic heterocycles. The molecule has 1 heterocycles. The zero-order valence-electron chi connectivity index (χ0n) is 11.0. The number of rotatable bonds is 2. The zero-order valence-corrected chi connectivity index (χ0v) is 11.0. The summed E-state index contributed by atoms with van der Waals surface area (Å²) in [5, 5.41) is 2.51. The summed E-state index contributed by atoms with van der Waals surface area (Å²) < 4.78 is 0. The van der Waals surface area contributed by atoms with Crippen molar-refractivity contribution in [2.45, 2.75) is 32.7 Å². The number of hydrogen-bond acceptors (Lipinski definition) is 2. The van der Waals surface area contributed by atoms with Gasteiger partial charge in [-0.3, -0.25) is 9.69 Å². The van der Waals surface area contributed by atoms with Gasteiger partial charge in [0.1, 0.15) is 0 Å². The third kappa shape index (κ3) is 2.53. The normalized spacial score (nSPS) is 16.1. The van der Waals surface area contributed by atoms with E-state index in [0.717, 1.165) is 5.56 Å². The lowest BCUT2D eigenvalue weighted by Crippen LogP contribution is -2.30. The van der Waals surface area contributed by atoms with Gasteiger partial charge in [-0.1, -0.05) is 45.0 Å². The van der Waals surface area contributed by atoms with Gasteiger partial charge in [0, 0.05) is 0 Å². The molecular formula is C14H18N2O2. The monoisotopic (exact) mass is 246 g/mol. The van der Waals surface area contributed by atoms with E-state index < -0.39 is 0 Å². The van der Waals surface area contributed by atoms with Crippen LogP contribution < -0.4 is 5.32 Å². The maximum Gasteiger partial charge on any atom is 0.324 e. The first-order valence-electron chi connectivity index (χ1n) is 6.05. The molecule has 0 radical (unpaired) electrons. The van der Waals surface area contributed by atoms with Crippen molar-refractivity contribution in [2.24, 2.45) is 0 Å². The molecule has 1 aliphatic rings. The molecule has 4 heteroatoms. The second-order valence-electron chi connectivity index (χ2n) is 5.59. The van der Waals surface area contributed by atoms with E-state index in [-0.39, 0.29) is 23.9 Å². The Morgan fingerprint density at radius 2 is 1.78 bits per heavy atom. The summed E-state index contributed by atoms with van der Waals surface area (Å²) in [6.07, 6.45) is 0. The Hall–Kier alpha value is -1.84. The number of carbonyl (C=O) groups is 2. The van der Waals surface area contributed by atoms with E-state index in [2.05, 4.69) is 26.1 Å². The Morgan fingerprint density at radius 1 is 1.17 bits per heavy atom. The molecule has 3 amide bonds. The number of benzene rings is 1. The summed E-state index contributed by atoms with van der Waals surface area (Å²) in [7, 11) is 0. The average Bonchev–Trinajstić information content (AvgIpc) is 2.60. The second-order valence-corrected chi connectivity index (χ2v) is 5.59. The summed E-state index contributed by atoms with van der Waals surface area (Å²) in [6.45, 7) is 6.91. The standard InChI is InChI=1S/C14H18N2O2/c1-14(2,3)11-6-4-10(5-7-11)9-16-12(17)8-15-13(16)18/h4-7H,8-9H2,1-3H3,(H,15,18). The molecule has 0 aromatic heterocycles. The molecule has 0 unspecified atom stereocenters. The summed E-state index contributed by atoms with van der Waals surface area (Å²) in [5.41, 5.74) is 2.32. The van der Waals surface area contributed by atoms with Gasteiger partial charge in [0.05, 0.1) is 13.1 Å². The van der Waals surface area contributed by atoms with Crippen molar-refractivity contribution in [1.82, 2.24) is 10.2 Å². The predicted molar refractivity (Wildman–Crippen MR) is 69.1 cm³/mol. The van der Waals surface area contributed by atoms with Crippen LogP contribution in [0.2, 0.25) is 0 Å². The maximum atomic E-state index is 11.5. The van der Waals surface area contributed by atoms with Gasteiger partial charge in [0.25, 0.3) is 0 Å². The molecule has 0 bridgehead atoms. The molecule has 1 fully saturated rings. The van der Waals surface area contributed by atoms with Crippen LogP contribution in [0.4, 0.5) is 4.79 Å². The van der Waals surface area contributed by atoms with E-state index in [4.69, 9.17) is 0 Å². The fraction of sp³-hybridized carbons (Fsp3) is 0.429. The third-order valence-corrected chi connectivity index (χ3v) is 3.10. The van der Waals surface area contributed by atoms with Crippen LogP contribution in [-0.4, -0.2) is 23.4 Å². The maximum absolute atomic E-state index is 11.5. The van der Waals surface area contributed by atoms with Gasteiger partial charge in [-0.2, -0.15) is 0 Å². The fourth-order valence-corrected chi connectivity index (χ4v) is 1.91. The molecule has 4 nitrogen and oxygen atoms in total. The minimum Gasteiger partial charge on any atom is -0.329 e. The molecule has 96 valence electrons. The van der Waals surface area contributed by atoms with Crippen LogP contribution in [0, 0.1) is 0 Å². The molecule has 1 aromatic carbocycles. The van der Waals surface area contributed by atoms with Crippen molar-refractivity contribution in [3.63, 3.8) is 0 Å². The summed E-state index contributed by atoms with van der Waals surface area (Å²) >= 11 is 0. The molecule has 0 atom stereocenters. The molecule has 1 N–H and O–H groups in total. The fourth-order valence-electron chi connectivity index (χ4n) is 1.91. The highest BCUT2D eigenvalue weighted by molar-refractivity contribution is 6.01. The van der Waals surface area contributed by atoms with Crippen molar-refractivity contribution in [3.8, 4) is 0 Å². The van der Waals surface area contributed by atoms with Gasteiger partial charge in [0.15, 0.2) is 0 Å². The quantitative estimate of drug-likeness (QED) is 0.812. The molecule has 0 aliphatic carbocycles. The number of nitrogens with one attached hydrogen (secondary N) is 1. The summed E-state index contributed by atoms with van der Waals surface area (Å²) in [6, 6.07) is 7.74. The van der Waals surface area contributed by atoms with Crippen molar-refractivity contribution in [1.29, 1.82) is 0 Å². The molecule has 2 rings (SSSR count). The second kappa shape index (κ2) is 4.44. The van der Waals surface area contributed by atoms with E-state index in [1.54, 1.807) is 0 Å². The summed E-state index contributed by atoms with van der Waals surface area (Å²) in [5.74, 6) is -0.167. The Labute approximate surface area is 107 Å². The van der Waals surface area contributed by atoms with Gasteiger partial charge in [-0.25, -0.2) is 4.79 Å². The Bertz CT molecular complexity index is 456. The molecule has 0 saturated carbocycles. The van der Waals surface area contributed by atoms with E-state index in [1.807, 2.05) is 24.3 Å². The van der Waals surface area contributed by atoms with Crippen LogP contribution in [0.5, 0.6) is 0 Å². The highest BCUT2D eigenvalue weighted by Crippen LogP contribution is 2.22. The number of carbonyl (C=O) groups excluding carboxylic acids is 2. The topological polar surface area (TPSA) is 49.4 Å². The van der Waals surface area contributed by atoms with Crippen molar-refractivity contribution in [2.75, 3.05) is 6.54 Å². The molecular weight excluding hydrogens is 228 g/mol. The highest BCUT2D eigenvalue weighted by Gasteiger charge is 2.28. The number of amides is 3. The van der Waals surface area contributed by atoms with Gasteiger partial charge < -0.3 is 5.32 Å². The van der Waals surface area contributed by atoms with Crippen molar-refractivity contribution >= 4 is 11.9 Å². The number of nitrogens with zero attached hydrogens (tertiary/aromatic N) is 1. The Kier molecular flexibility index (Phi) is 3.11. The van der Waals surface area contributed by atoms with Gasteiger partial charge >= 0.3 is 6.03 Å². The predicted octanol–water partition coefficient (Wildman–Crippen LogP) is 2.04. The van der Waals surface area contributed by atoms with Crippen LogP contribution in [0.25, 0.3) is 0 Å². The highest BCUT2D eigenvalue weighted by atomic mass is 16.2. The Morgan fingerprint density at radius 3 is 2.22 bits per heavy atom. The van der Waals surface area contributed by atoms with Gasteiger partial charge in [0.2, 0.25) is 5.91 Å². The number of hydrogen-bond donors (Lipinski definition) is 1. The first kappa shape index (κ1) is 12.6. The molecule has 18 heavy (non-hydrogen) atoms.